The molecule has 0 aliphatic rings. The largest absolute Gasteiger partial charge is 0.493 e. The van der Waals surface area contributed by atoms with Crippen molar-refractivity contribution in [2.24, 2.45) is 0 Å². The molecule has 1 N–H and O–H groups in total. The van der Waals surface area contributed by atoms with E-state index < -0.39 is 0 Å². The normalized spacial score (nSPS) is 10.4. The van der Waals surface area contributed by atoms with Crippen LogP contribution in [0.1, 0.15) is 11.1 Å². The van der Waals surface area contributed by atoms with Crippen LogP contribution in [0.3, 0.4) is 0 Å². The van der Waals surface area contributed by atoms with Crippen molar-refractivity contribution in [2.45, 2.75) is 13.2 Å². The summed E-state index contributed by atoms with van der Waals surface area (Å²) >= 11 is 6.11. The van der Waals surface area contributed by atoms with E-state index in [9.17, 15) is 4.39 Å². The third-order valence-electron chi connectivity index (χ3n) is 2.77. The van der Waals surface area contributed by atoms with Crippen LogP contribution in [0, 0.1) is 5.82 Å². The summed E-state index contributed by atoms with van der Waals surface area (Å²) in [5.41, 5.74) is 1.46. The zero-order valence-corrected chi connectivity index (χ0v) is 11.7. The van der Waals surface area contributed by atoms with Crippen LogP contribution in [0.25, 0.3) is 0 Å². The third-order valence-corrected chi connectivity index (χ3v) is 3.05. The zero-order chi connectivity index (χ0) is 14.5. The number of hydrogen-bond acceptors (Lipinski definition) is 3. The quantitative estimate of drug-likeness (QED) is 0.917. The summed E-state index contributed by atoms with van der Waals surface area (Å²) in [5, 5.41) is 9.47. The second kappa shape index (κ2) is 6.59. The maximum absolute atomic E-state index is 12.8. The van der Waals surface area contributed by atoms with Gasteiger partial charge in [-0.1, -0.05) is 23.7 Å². The summed E-state index contributed by atoms with van der Waals surface area (Å²) in [4.78, 5) is 0. The number of rotatable bonds is 5. The van der Waals surface area contributed by atoms with Crippen molar-refractivity contribution in [1.29, 1.82) is 0 Å². The molecule has 0 fully saturated rings. The highest BCUT2D eigenvalue weighted by Crippen LogP contribution is 2.36. The standard InChI is InChI=1S/C15H14ClFO3/c1-19-14-7-11(8-18)6-13(16)15(14)20-9-10-2-4-12(17)5-3-10/h2-7,18H,8-9H2,1H3. The molecule has 0 aliphatic heterocycles. The van der Waals surface area contributed by atoms with Gasteiger partial charge in [0.15, 0.2) is 11.5 Å². The predicted octanol–water partition coefficient (Wildman–Crippen LogP) is 3.56. The highest BCUT2D eigenvalue weighted by molar-refractivity contribution is 6.32. The second-order valence-electron chi connectivity index (χ2n) is 4.18. The van der Waals surface area contributed by atoms with Crippen molar-refractivity contribution < 1.29 is 19.0 Å². The summed E-state index contributed by atoms with van der Waals surface area (Å²) in [6.07, 6.45) is 0. The molecule has 0 aromatic heterocycles. The van der Waals surface area contributed by atoms with Gasteiger partial charge in [-0.3, -0.25) is 0 Å². The van der Waals surface area contributed by atoms with Gasteiger partial charge in [0.25, 0.3) is 0 Å². The molecule has 0 radical (unpaired) electrons. The maximum atomic E-state index is 12.8. The molecular weight excluding hydrogens is 283 g/mol. The van der Waals surface area contributed by atoms with Crippen LogP contribution in [0.15, 0.2) is 36.4 Å². The molecule has 2 aromatic carbocycles. The van der Waals surface area contributed by atoms with Crippen molar-refractivity contribution in [3.8, 4) is 11.5 Å². The van der Waals surface area contributed by atoms with Gasteiger partial charge in [-0.25, -0.2) is 4.39 Å². The van der Waals surface area contributed by atoms with Gasteiger partial charge >= 0.3 is 0 Å². The average molecular weight is 297 g/mol. The van der Waals surface area contributed by atoms with E-state index >= 15 is 0 Å². The molecule has 0 amide bonds. The Labute approximate surface area is 121 Å². The zero-order valence-electron chi connectivity index (χ0n) is 10.9. The van der Waals surface area contributed by atoms with Crippen LogP contribution in [-0.4, -0.2) is 12.2 Å². The van der Waals surface area contributed by atoms with E-state index in [4.69, 9.17) is 26.2 Å². The van der Waals surface area contributed by atoms with Crippen molar-refractivity contribution in [3.05, 3.63) is 58.4 Å². The predicted molar refractivity (Wildman–Crippen MR) is 74.7 cm³/mol. The van der Waals surface area contributed by atoms with Crippen molar-refractivity contribution >= 4 is 11.6 Å². The number of hydrogen-bond donors (Lipinski definition) is 1. The Balaban J connectivity index is 2.18. The first-order valence-corrected chi connectivity index (χ1v) is 6.36. The first-order chi connectivity index (χ1) is 9.63. The van der Waals surface area contributed by atoms with E-state index in [-0.39, 0.29) is 19.0 Å². The smallest absolute Gasteiger partial charge is 0.180 e. The molecule has 0 atom stereocenters. The lowest BCUT2D eigenvalue weighted by Crippen LogP contribution is -1.99. The molecule has 0 heterocycles. The molecule has 0 spiro atoms. The first kappa shape index (κ1) is 14.6. The molecule has 106 valence electrons. The minimum Gasteiger partial charge on any atom is -0.493 e. The topological polar surface area (TPSA) is 38.7 Å². The van der Waals surface area contributed by atoms with Crippen LogP contribution >= 0.6 is 11.6 Å². The number of methoxy groups -OCH3 is 1. The van der Waals surface area contributed by atoms with E-state index in [0.29, 0.717) is 22.1 Å². The molecule has 0 bridgehead atoms. The highest BCUT2D eigenvalue weighted by atomic mass is 35.5. The molecule has 2 aromatic rings. The van der Waals surface area contributed by atoms with Crippen LogP contribution in [-0.2, 0) is 13.2 Å². The molecule has 0 unspecified atom stereocenters. The lowest BCUT2D eigenvalue weighted by Gasteiger charge is -2.13. The van der Waals surface area contributed by atoms with Crippen LogP contribution in [0.2, 0.25) is 5.02 Å². The van der Waals surface area contributed by atoms with Crippen LogP contribution in [0.4, 0.5) is 4.39 Å². The lowest BCUT2D eigenvalue weighted by molar-refractivity contribution is 0.274. The molecule has 20 heavy (non-hydrogen) atoms. The van der Waals surface area contributed by atoms with Gasteiger partial charge in [0, 0.05) is 0 Å². The molecular formula is C15H14ClFO3. The van der Waals surface area contributed by atoms with Crippen molar-refractivity contribution in [2.75, 3.05) is 7.11 Å². The Kier molecular flexibility index (Phi) is 4.82. The van der Waals surface area contributed by atoms with E-state index in [1.807, 2.05) is 0 Å². The van der Waals surface area contributed by atoms with Crippen LogP contribution < -0.4 is 9.47 Å². The van der Waals surface area contributed by atoms with Crippen molar-refractivity contribution in [1.82, 2.24) is 0 Å². The number of aliphatic hydroxyl groups is 1. The lowest BCUT2D eigenvalue weighted by atomic mass is 10.2. The van der Waals surface area contributed by atoms with Gasteiger partial charge in [0.2, 0.25) is 0 Å². The Hall–Kier alpha value is -1.78. The number of halogens is 2. The maximum Gasteiger partial charge on any atom is 0.180 e. The molecule has 5 heteroatoms. The summed E-state index contributed by atoms with van der Waals surface area (Å²) in [6.45, 7) is 0.114. The van der Waals surface area contributed by atoms with Crippen molar-refractivity contribution in [3.63, 3.8) is 0 Å². The van der Waals surface area contributed by atoms with Gasteiger partial charge in [-0.2, -0.15) is 0 Å². The van der Waals surface area contributed by atoms with E-state index in [1.54, 1.807) is 24.3 Å². The summed E-state index contributed by atoms with van der Waals surface area (Å²) in [5.74, 6) is 0.552. The fourth-order valence-electron chi connectivity index (χ4n) is 1.74. The SMILES string of the molecule is COc1cc(CO)cc(Cl)c1OCc1ccc(F)cc1. The molecule has 0 aliphatic carbocycles. The Morgan fingerprint density at radius 3 is 2.45 bits per heavy atom. The number of ether oxygens (including phenoxy) is 2. The number of aliphatic hydroxyl groups excluding tert-OH is 1. The Morgan fingerprint density at radius 1 is 1.15 bits per heavy atom. The minimum atomic E-state index is -0.295. The highest BCUT2D eigenvalue weighted by Gasteiger charge is 2.12. The number of benzene rings is 2. The molecule has 0 saturated heterocycles. The summed E-state index contributed by atoms with van der Waals surface area (Å²) < 4.78 is 23.6. The molecule has 3 nitrogen and oxygen atoms in total. The second-order valence-corrected chi connectivity index (χ2v) is 4.59. The van der Waals surface area contributed by atoms with Gasteiger partial charge < -0.3 is 14.6 Å². The fourth-order valence-corrected chi connectivity index (χ4v) is 2.03. The Bertz CT molecular complexity index is 584. The Morgan fingerprint density at radius 2 is 1.85 bits per heavy atom. The molecule has 0 saturated carbocycles. The van der Waals surface area contributed by atoms with Gasteiger partial charge in [-0.15, -0.1) is 0 Å². The fraction of sp³-hybridized carbons (Fsp3) is 0.200. The van der Waals surface area contributed by atoms with Crippen LogP contribution in [0.5, 0.6) is 11.5 Å². The minimum absolute atomic E-state index is 0.131. The van der Waals surface area contributed by atoms with E-state index in [0.717, 1.165) is 5.56 Å². The molecule has 2 rings (SSSR count). The first-order valence-electron chi connectivity index (χ1n) is 5.98. The monoisotopic (exact) mass is 296 g/mol. The average Bonchev–Trinajstić information content (AvgIpc) is 2.47. The third kappa shape index (κ3) is 3.40. The van der Waals surface area contributed by atoms with E-state index in [2.05, 4.69) is 0 Å². The van der Waals surface area contributed by atoms with Gasteiger partial charge in [-0.05, 0) is 35.4 Å². The van der Waals surface area contributed by atoms with Gasteiger partial charge in [0.1, 0.15) is 12.4 Å². The summed E-state index contributed by atoms with van der Waals surface area (Å²) in [7, 11) is 1.50. The van der Waals surface area contributed by atoms with E-state index in [1.165, 1.54) is 19.2 Å². The van der Waals surface area contributed by atoms with Gasteiger partial charge in [0.05, 0.1) is 18.7 Å². The summed E-state index contributed by atoms with van der Waals surface area (Å²) in [6, 6.07) is 9.28.